The van der Waals surface area contributed by atoms with Crippen LogP contribution in [0.4, 0.5) is 23.3 Å². The quantitative estimate of drug-likeness (QED) is 0.239. The number of nitrogens with two attached hydrogens (primary N) is 1. The molecule has 5 heterocycles. The average molecular weight is 565 g/mol. The predicted molar refractivity (Wildman–Crippen MR) is 158 cm³/mol. The number of anilines is 4. The fraction of sp³-hybridized carbons (Fsp3) is 0.481. The van der Waals surface area contributed by atoms with Crippen molar-refractivity contribution in [1.82, 2.24) is 29.5 Å². The van der Waals surface area contributed by atoms with Crippen LogP contribution in [0, 0.1) is 5.92 Å². The summed E-state index contributed by atoms with van der Waals surface area (Å²) in [5.74, 6) is 2.84. The topological polar surface area (TPSA) is 128 Å². The number of hydrogen-bond donors (Lipinski definition) is 2. The van der Waals surface area contributed by atoms with E-state index in [1.807, 2.05) is 18.2 Å². The highest BCUT2D eigenvalue weighted by atomic mass is 32.2. The fourth-order valence-corrected chi connectivity index (χ4v) is 6.09. The minimum Gasteiger partial charge on any atom is -0.461 e. The minimum atomic E-state index is 0.266. The molecule has 1 unspecified atom stereocenters. The van der Waals surface area contributed by atoms with Crippen molar-refractivity contribution in [2.24, 2.45) is 5.92 Å². The second-order valence-corrected chi connectivity index (χ2v) is 12.2. The lowest BCUT2D eigenvalue weighted by Crippen LogP contribution is -2.49. The molecule has 0 bridgehead atoms. The van der Waals surface area contributed by atoms with Gasteiger partial charge in [-0.1, -0.05) is 13.8 Å². The van der Waals surface area contributed by atoms with Crippen LogP contribution in [0.25, 0.3) is 17.4 Å². The first kappa shape index (κ1) is 26.7. The summed E-state index contributed by atoms with van der Waals surface area (Å²) in [6, 6.07) is 11.8. The molecule has 0 radical (unpaired) electrons. The summed E-state index contributed by atoms with van der Waals surface area (Å²) < 4.78 is 8.13. The van der Waals surface area contributed by atoms with Gasteiger partial charge >= 0.3 is 0 Å². The maximum absolute atomic E-state index is 10.2. The number of benzene rings is 1. The highest BCUT2D eigenvalue weighted by Gasteiger charge is 2.27. The van der Waals surface area contributed by atoms with E-state index in [1.165, 1.54) is 33.0 Å². The second kappa shape index (κ2) is 11.5. The van der Waals surface area contributed by atoms with Gasteiger partial charge in [-0.2, -0.15) is 23.9 Å². The zero-order valence-electron chi connectivity index (χ0n) is 22.9. The third kappa shape index (κ3) is 5.81. The van der Waals surface area contributed by atoms with E-state index in [4.69, 9.17) is 10.2 Å². The van der Waals surface area contributed by atoms with Crippen molar-refractivity contribution in [3.8, 4) is 11.6 Å². The van der Waals surface area contributed by atoms with E-state index >= 15 is 0 Å². The Balaban J connectivity index is 1.04. The van der Waals surface area contributed by atoms with E-state index in [1.54, 1.807) is 12.3 Å². The second-order valence-electron chi connectivity index (χ2n) is 10.7. The molecule has 0 saturated carbocycles. The van der Waals surface area contributed by atoms with Gasteiger partial charge < -0.3 is 20.0 Å². The molecule has 1 atom stereocenters. The standard InChI is InChI=1S/C27H36N10O2S/c1-19(2)40-37(38)22-9-7-21(8-10-22)34-14-12-33(13-15-34)17-20-5-3-11-35(18-20)26-30-25(28)36-27(31-26)29-24(32-36)23-6-4-16-39-23/h4,6-10,16,19-20,38H,3,5,11-15,17-18H2,1-2H3,(H2,28,29,30,31,32). The zero-order valence-corrected chi connectivity index (χ0v) is 23.7. The number of hydrogen-bond acceptors (Lipinski definition) is 12. The van der Waals surface area contributed by atoms with E-state index in [0.717, 1.165) is 57.9 Å². The number of aromatic nitrogens is 5. The molecule has 4 aromatic rings. The Morgan fingerprint density at radius 1 is 1.05 bits per heavy atom. The molecule has 2 aliphatic heterocycles. The van der Waals surface area contributed by atoms with E-state index in [0.29, 0.717) is 34.5 Å². The average Bonchev–Trinajstić information content (AvgIpc) is 3.64. The largest absolute Gasteiger partial charge is 0.461 e. The van der Waals surface area contributed by atoms with Crippen molar-refractivity contribution in [3.63, 3.8) is 0 Å². The van der Waals surface area contributed by atoms with Gasteiger partial charge in [0, 0.05) is 56.8 Å². The molecule has 40 heavy (non-hydrogen) atoms. The number of fused-ring (bicyclic) bond motifs is 1. The molecular formula is C27H36N10O2S. The van der Waals surface area contributed by atoms with Gasteiger partial charge in [0.05, 0.1) is 12.0 Å². The van der Waals surface area contributed by atoms with Crippen LogP contribution in [0.15, 0.2) is 47.1 Å². The van der Waals surface area contributed by atoms with E-state index in [2.05, 4.69) is 60.7 Å². The molecule has 13 heteroatoms. The van der Waals surface area contributed by atoms with Crippen molar-refractivity contribution in [2.75, 3.05) is 65.8 Å². The summed E-state index contributed by atoms with van der Waals surface area (Å²) in [6.07, 6.45) is 3.87. The van der Waals surface area contributed by atoms with Gasteiger partial charge in [-0.05, 0) is 67.1 Å². The van der Waals surface area contributed by atoms with Gasteiger partial charge in [-0.15, -0.1) is 5.10 Å². The third-order valence-electron chi connectivity index (χ3n) is 7.40. The molecule has 2 fully saturated rings. The maximum Gasteiger partial charge on any atom is 0.259 e. The Morgan fingerprint density at radius 2 is 1.85 bits per heavy atom. The molecule has 0 aliphatic carbocycles. The Hall–Kier alpha value is -3.55. The summed E-state index contributed by atoms with van der Waals surface area (Å²) in [6.45, 7) is 11.0. The van der Waals surface area contributed by atoms with Gasteiger partial charge in [0.2, 0.25) is 17.7 Å². The molecule has 3 aromatic heterocycles. The lowest BCUT2D eigenvalue weighted by Gasteiger charge is -2.40. The summed E-state index contributed by atoms with van der Waals surface area (Å²) in [5.41, 5.74) is 8.24. The van der Waals surface area contributed by atoms with Gasteiger partial charge in [0.1, 0.15) is 0 Å². The molecule has 6 rings (SSSR count). The van der Waals surface area contributed by atoms with Crippen LogP contribution in [-0.4, -0.2) is 85.7 Å². The fourth-order valence-electron chi connectivity index (χ4n) is 5.45. The Morgan fingerprint density at radius 3 is 2.58 bits per heavy atom. The van der Waals surface area contributed by atoms with Crippen molar-refractivity contribution < 1.29 is 9.62 Å². The van der Waals surface area contributed by atoms with Gasteiger partial charge in [0.25, 0.3) is 5.78 Å². The van der Waals surface area contributed by atoms with Gasteiger partial charge in [-0.25, -0.2) is 0 Å². The highest BCUT2D eigenvalue weighted by molar-refractivity contribution is 8.00. The predicted octanol–water partition coefficient (Wildman–Crippen LogP) is 3.65. The summed E-state index contributed by atoms with van der Waals surface area (Å²) >= 11 is 1.41. The number of furan rings is 1. The van der Waals surface area contributed by atoms with Crippen molar-refractivity contribution >= 4 is 41.0 Å². The van der Waals surface area contributed by atoms with Crippen LogP contribution >= 0.6 is 11.9 Å². The Bertz CT molecular complexity index is 1400. The van der Waals surface area contributed by atoms with E-state index in [-0.39, 0.29) is 5.95 Å². The third-order valence-corrected chi connectivity index (χ3v) is 8.23. The summed E-state index contributed by atoms with van der Waals surface area (Å²) in [7, 11) is 0. The van der Waals surface area contributed by atoms with Crippen molar-refractivity contribution in [2.45, 2.75) is 31.9 Å². The van der Waals surface area contributed by atoms with Gasteiger partial charge in [0.15, 0.2) is 5.76 Å². The molecule has 0 spiro atoms. The Kier molecular flexibility index (Phi) is 7.67. The number of piperazine rings is 1. The van der Waals surface area contributed by atoms with Crippen LogP contribution in [0.5, 0.6) is 0 Å². The first-order valence-corrected chi connectivity index (χ1v) is 14.7. The number of rotatable bonds is 8. The molecule has 3 N–H and O–H groups in total. The first-order chi connectivity index (χ1) is 19.4. The van der Waals surface area contributed by atoms with Gasteiger partial charge in [-0.3, -0.25) is 10.1 Å². The summed E-state index contributed by atoms with van der Waals surface area (Å²) in [5, 5.41) is 14.9. The molecule has 0 amide bonds. The minimum absolute atomic E-state index is 0.266. The number of nitrogens with zero attached hydrogens (tertiary/aromatic N) is 9. The van der Waals surface area contributed by atoms with Crippen molar-refractivity contribution in [1.29, 1.82) is 0 Å². The highest BCUT2D eigenvalue weighted by Crippen LogP contribution is 2.28. The first-order valence-electron chi connectivity index (χ1n) is 13.8. The lowest BCUT2D eigenvalue weighted by molar-refractivity contribution is 0.205. The zero-order chi connectivity index (χ0) is 27.6. The van der Waals surface area contributed by atoms with Crippen LogP contribution in [0.1, 0.15) is 26.7 Å². The van der Waals surface area contributed by atoms with Crippen LogP contribution in [0.3, 0.4) is 0 Å². The van der Waals surface area contributed by atoms with E-state index in [9.17, 15) is 5.21 Å². The molecule has 2 saturated heterocycles. The smallest absolute Gasteiger partial charge is 0.259 e. The number of piperidine rings is 1. The summed E-state index contributed by atoms with van der Waals surface area (Å²) in [4.78, 5) is 21.0. The molecular weight excluding hydrogens is 528 g/mol. The van der Waals surface area contributed by atoms with Crippen molar-refractivity contribution in [3.05, 3.63) is 42.7 Å². The lowest BCUT2D eigenvalue weighted by atomic mass is 9.97. The molecule has 212 valence electrons. The number of nitrogen functional groups attached to an aromatic ring is 1. The molecule has 2 aliphatic rings. The monoisotopic (exact) mass is 564 g/mol. The molecule has 12 nitrogen and oxygen atoms in total. The van der Waals surface area contributed by atoms with E-state index < -0.39 is 0 Å². The van der Waals surface area contributed by atoms with Crippen LogP contribution < -0.4 is 20.0 Å². The van der Waals surface area contributed by atoms with Crippen LogP contribution in [0.2, 0.25) is 0 Å². The Labute approximate surface area is 237 Å². The van der Waals surface area contributed by atoms with Crippen LogP contribution in [-0.2, 0) is 0 Å². The SMILES string of the molecule is CC(C)SN(O)c1ccc(N2CCN(CC3CCCN(c4nc(N)n5nc(-c6ccco6)nc5n4)C3)CC2)cc1. The normalized spacial score (nSPS) is 18.6. The maximum atomic E-state index is 10.2. The molecule has 1 aromatic carbocycles.